The van der Waals surface area contributed by atoms with E-state index in [4.69, 9.17) is 15.9 Å². The fraction of sp³-hybridized carbons (Fsp3) is 0.208. The second-order valence-corrected chi connectivity index (χ2v) is 6.98. The highest BCUT2D eigenvalue weighted by atomic mass is 16.5. The lowest BCUT2D eigenvalue weighted by molar-refractivity contribution is 0.0697. The Hall–Kier alpha value is -4.05. The molecule has 0 aliphatic carbocycles. The van der Waals surface area contributed by atoms with Gasteiger partial charge in [-0.3, -0.25) is 9.36 Å². The molecule has 3 aromatic rings. The Bertz CT molecular complexity index is 1310. The van der Waals surface area contributed by atoms with Crippen LogP contribution in [0.25, 0.3) is 22.6 Å². The molecule has 0 radical (unpaired) electrons. The van der Waals surface area contributed by atoms with E-state index in [9.17, 15) is 14.7 Å². The molecule has 0 fully saturated rings. The maximum atomic E-state index is 12.9. The number of nitrogens with zero attached hydrogens (tertiary/aromatic N) is 2. The quantitative estimate of drug-likeness (QED) is 0.619. The van der Waals surface area contributed by atoms with Crippen LogP contribution < -0.4 is 15.0 Å². The molecule has 2 heterocycles. The van der Waals surface area contributed by atoms with Gasteiger partial charge in [-0.1, -0.05) is 12.0 Å². The van der Waals surface area contributed by atoms with Crippen LogP contribution in [0.3, 0.4) is 0 Å². The van der Waals surface area contributed by atoms with Crippen molar-refractivity contribution in [1.82, 2.24) is 9.55 Å². The number of hydrogen-bond donors (Lipinski definition) is 1. The lowest BCUT2D eigenvalue weighted by Crippen LogP contribution is -2.21. The van der Waals surface area contributed by atoms with Crippen molar-refractivity contribution in [2.45, 2.75) is 19.9 Å². The van der Waals surface area contributed by atoms with Crippen LogP contribution >= 0.6 is 0 Å². The van der Waals surface area contributed by atoms with Gasteiger partial charge in [-0.25, -0.2) is 9.78 Å². The normalized spacial score (nSPS) is 13.7. The van der Waals surface area contributed by atoms with Crippen molar-refractivity contribution < 1.29 is 19.4 Å². The maximum absolute atomic E-state index is 12.9. The van der Waals surface area contributed by atoms with E-state index in [2.05, 4.69) is 10.9 Å². The predicted octanol–water partition coefficient (Wildman–Crippen LogP) is 3.45. The topological polar surface area (TPSA) is 90.7 Å². The molecule has 0 bridgehead atoms. The number of aromatic carboxylic acids is 1. The van der Waals surface area contributed by atoms with Crippen molar-refractivity contribution in [3.63, 3.8) is 0 Å². The summed E-state index contributed by atoms with van der Waals surface area (Å²) in [7, 11) is 0. The third kappa shape index (κ3) is 3.88. The number of hydrogen-bond acceptors (Lipinski definition) is 5. The summed E-state index contributed by atoms with van der Waals surface area (Å²) in [6.45, 7) is 3.03. The molecular weight excluding hydrogens is 396 g/mol. The molecule has 7 heteroatoms. The van der Waals surface area contributed by atoms with E-state index in [0.29, 0.717) is 47.8 Å². The Labute approximate surface area is 178 Å². The van der Waals surface area contributed by atoms with Crippen LogP contribution in [0.5, 0.6) is 11.5 Å². The third-order valence-corrected chi connectivity index (χ3v) is 5.01. The minimum absolute atomic E-state index is 0.0943. The first-order valence-electron chi connectivity index (χ1n) is 9.83. The van der Waals surface area contributed by atoms with Crippen molar-refractivity contribution in [2.75, 3.05) is 13.2 Å². The fourth-order valence-corrected chi connectivity index (χ4v) is 3.61. The van der Waals surface area contributed by atoms with E-state index in [1.54, 1.807) is 10.6 Å². The molecule has 4 rings (SSSR count). The van der Waals surface area contributed by atoms with Gasteiger partial charge in [-0.15, -0.1) is 6.42 Å². The number of rotatable bonds is 6. The summed E-state index contributed by atoms with van der Waals surface area (Å²) in [5.74, 6) is 3.07. The molecule has 0 unspecified atom stereocenters. The van der Waals surface area contributed by atoms with Crippen LogP contribution in [0.15, 0.2) is 41.2 Å². The van der Waals surface area contributed by atoms with Gasteiger partial charge in [0.2, 0.25) is 0 Å². The largest absolute Gasteiger partial charge is 0.490 e. The molecule has 0 saturated carbocycles. The molecule has 156 valence electrons. The van der Waals surface area contributed by atoms with Crippen molar-refractivity contribution in [3.8, 4) is 23.8 Å². The predicted molar refractivity (Wildman–Crippen MR) is 117 cm³/mol. The minimum Gasteiger partial charge on any atom is -0.490 e. The van der Waals surface area contributed by atoms with Crippen LogP contribution in [-0.4, -0.2) is 33.8 Å². The first kappa shape index (κ1) is 20.2. The molecule has 1 N–H and O–H groups in total. The Kier molecular flexibility index (Phi) is 5.46. The van der Waals surface area contributed by atoms with Gasteiger partial charge >= 0.3 is 5.97 Å². The second kappa shape index (κ2) is 8.36. The zero-order valence-electron chi connectivity index (χ0n) is 16.9. The minimum atomic E-state index is -1.06. The molecule has 0 amide bonds. The Morgan fingerprint density at radius 3 is 2.84 bits per heavy atom. The van der Waals surface area contributed by atoms with E-state index in [1.807, 2.05) is 25.1 Å². The zero-order chi connectivity index (χ0) is 22.0. The Morgan fingerprint density at radius 2 is 2.10 bits per heavy atom. The first-order chi connectivity index (χ1) is 15.0. The van der Waals surface area contributed by atoms with Gasteiger partial charge < -0.3 is 14.6 Å². The maximum Gasteiger partial charge on any atom is 0.335 e. The number of benzene rings is 2. The average molecular weight is 416 g/mol. The number of carbonyl (C=O) groups is 1. The van der Waals surface area contributed by atoms with Crippen LogP contribution in [0.4, 0.5) is 0 Å². The Balaban J connectivity index is 1.77. The number of fused-ring (bicyclic) bond motifs is 2. The van der Waals surface area contributed by atoms with Gasteiger partial charge in [0.05, 0.1) is 23.1 Å². The second-order valence-electron chi connectivity index (χ2n) is 6.98. The van der Waals surface area contributed by atoms with Gasteiger partial charge in [0, 0.05) is 6.54 Å². The van der Waals surface area contributed by atoms with Gasteiger partial charge in [0.1, 0.15) is 12.4 Å². The van der Waals surface area contributed by atoms with Crippen molar-refractivity contribution >= 4 is 28.5 Å². The lowest BCUT2D eigenvalue weighted by atomic mass is 10.1. The molecule has 0 spiro atoms. The molecule has 31 heavy (non-hydrogen) atoms. The highest BCUT2D eigenvalue weighted by molar-refractivity contribution is 5.93. The lowest BCUT2D eigenvalue weighted by Gasteiger charge is -2.11. The van der Waals surface area contributed by atoms with Crippen LogP contribution in [0, 0.1) is 12.3 Å². The molecule has 7 nitrogen and oxygen atoms in total. The molecular formula is C24H20N2O5. The molecule has 2 aromatic carbocycles. The van der Waals surface area contributed by atoms with Crippen LogP contribution in [0.2, 0.25) is 0 Å². The van der Waals surface area contributed by atoms with Crippen LogP contribution in [-0.2, 0) is 6.54 Å². The molecule has 1 aliphatic rings. The fourth-order valence-electron chi connectivity index (χ4n) is 3.61. The average Bonchev–Trinajstić information content (AvgIpc) is 3.16. The Morgan fingerprint density at radius 1 is 1.26 bits per heavy atom. The van der Waals surface area contributed by atoms with Crippen molar-refractivity contribution in [3.05, 3.63) is 63.7 Å². The van der Waals surface area contributed by atoms with Gasteiger partial charge in [-0.05, 0) is 60.9 Å². The van der Waals surface area contributed by atoms with Crippen LogP contribution in [0.1, 0.15) is 35.1 Å². The molecule has 1 aromatic heterocycles. The summed E-state index contributed by atoms with van der Waals surface area (Å²) in [6.07, 6.45) is 7.86. The van der Waals surface area contributed by atoms with E-state index in [1.165, 1.54) is 18.2 Å². The van der Waals surface area contributed by atoms with Gasteiger partial charge in [0.15, 0.2) is 11.5 Å². The monoisotopic (exact) mass is 416 g/mol. The van der Waals surface area contributed by atoms with Gasteiger partial charge in [-0.2, -0.15) is 0 Å². The number of ether oxygens (including phenoxy) is 2. The molecule has 0 atom stereocenters. The number of carboxylic acid groups (broad SMARTS) is 1. The van der Waals surface area contributed by atoms with Crippen molar-refractivity contribution in [2.24, 2.45) is 0 Å². The van der Waals surface area contributed by atoms with E-state index < -0.39 is 5.97 Å². The smallest absolute Gasteiger partial charge is 0.335 e. The van der Waals surface area contributed by atoms with E-state index >= 15 is 0 Å². The number of aromatic nitrogens is 2. The summed E-state index contributed by atoms with van der Waals surface area (Å²) in [4.78, 5) is 28.8. The number of terminal acetylenes is 1. The summed E-state index contributed by atoms with van der Waals surface area (Å²) in [6, 6.07) is 9.90. The SMILES string of the molecule is C#CCOc1ccc(C=C2CCn3c2nc2cc(C(=O)O)ccc2c3=O)cc1OCC. The third-order valence-electron chi connectivity index (χ3n) is 5.01. The summed E-state index contributed by atoms with van der Waals surface area (Å²) in [5.41, 5.74) is 2.05. The van der Waals surface area contributed by atoms with Crippen molar-refractivity contribution in [1.29, 1.82) is 0 Å². The highest BCUT2D eigenvalue weighted by Gasteiger charge is 2.21. The molecule has 0 saturated heterocycles. The van der Waals surface area contributed by atoms with Gasteiger partial charge in [0.25, 0.3) is 5.56 Å². The summed E-state index contributed by atoms with van der Waals surface area (Å²) >= 11 is 0. The van der Waals surface area contributed by atoms with E-state index in [0.717, 1.165) is 11.1 Å². The first-order valence-corrected chi connectivity index (χ1v) is 9.83. The molecule has 1 aliphatic heterocycles. The number of carboxylic acids is 1. The van der Waals surface area contributed by atoms with E-state index in [-0.39, 0.29) is 17.7 Å². The number of allylic oxidation sites excluding steroid dienone is 1. The summed E-state index contributed by atoms with van der Waals surface area (Å²) < 4.78 is 12.8. The highest BCUT2D eigenvalue weighted by Crippen LogP contribution is 2.32. The summed E-state index contributed by atoms with van der Waals surface area (Å²) in [5, 5.41) is 9.65. The standard InChI is InChI=1S/C24H20N2O5/c1-3-11-31-20-8-5-15(13-21(20)30-4-2)12-16-9-10-26-22(16)25-19-14-17(24(28)29)6-7-18(19)23(26)27/h1,5-8,12-14H,4,9-11H2,2H3,(H,28,29). The zero-order valence-corrected chi connectivity index (χ0v) is 16.9.